The van der Waals surface area contributed by atoms with Crippen LogP contribution in [0.2, 0.25) is 5.02 Å². The number of carbonyl (C=O) groups excluding carboxylic acids is 2. The smallest absolute Gasteiger partial charge is 0.488 e. The largest absolute Gasteiger partial charge is 0.491 e. The van der Waals surface area contributed by atoms with Crippen molar-refractivity contribution in [3.63, 3.8) is 0 Å². The van der Waals surface area contributed by atoms with E-state index in [-0.39, 0.29) is 23.7 Å². The lowest BCUT2D eigenvalue weighted by Gasteiger charge is -2.15. The number of nitrogens with zero attached hydrogens (tertiary/aromatic N) is 4. The zero-order valence-corrected chi connectivity index (χ0v) is 29.8. The molecule has 0 bridgehead atoms. The van der Waals surface area contributed by atoms with Gasteiger partial charge in [0.2, 0.25) is 5.91 Å². The van der Waals surface area contributed by atoms with Crippen LogP contribution in [-0.2, 0) is 19.0 Å². The van der Waals surface area contributed by atoms with E-state index in [1.165, 1.54) is 12.1 Å². The Labute approximate surface area is 307 Å². The van der Waals surface area contributed by atoms with Crippen molar-refractivity contribution in [3.8, 4) is 11.4 Å². The summed E-state index contributed by atoms with van der Waals surface area (Å²) in [5, 5.41) is 33.5. The zero-order chi connectivity index (χ0) is 36.9. The quantitative estimate of drug-likeness (QED) is 0.0826. The monoisotopic (exact) mass is 732 g/mol. The SMILES string of the molecule is CCNC(=O)C[C@@H]1N=C(c2ccc(Cl)cc2)c2cc(OCCOCCOCCOCCNC(=O)c3cccc(B(O)O)c3)ccc2-n2c(C)nnc21. The van der Waals surface area contributed by atoms with Crippen molar-refractivity contribution in [1.82, 2.24) is 25.4 Å². The molecule has 1 aromatic heterocycles. The van der Waals surface area contributed by atoms with Crippen molar-refractivity contribution in [1.29, 1.82) is 0 Å². The molecular weight excluding hydrogens is 691 g/mol. The maximum atomic E-state index is 12.7. The first-order valence-corrected chi connectivity index (χ1v) is 17.4. The number of aliphatic imine (C=N–C) groups is 1. The fourth-order valence-corrected chi connectivity index (χ4v) is 5.65. The van der Waals surface area contributed by atoms with Crippen molar-refractivity contribution in [3.05, 3.63) is 100 Å². The lowest BCUT2D eigenvalue weighted by molar-refractivity contribution is -0.121. The van der Waals surface area contributed by atoms with E-state index in [1.54, 1.807) is 24.3 Å². The molecule has 3 aromatic carbocycles. The predicted octanol–water partition coefficient (Wildman–Crippen LogP) is 2.19. The molecule has 0 radical (unpaired) electrons. The second-order valence-electron chi connectivity index (χ2n) is 11.7. The van der Waals surface area contributed by atoms with Crippen LogP contribution in [0.3, 0.4) is 0 Å². The van der Waals surface area contributed by atoms with E-state index in [1.807, 2.05) is 48.7 Å². The van der Waals surface area contributed by atoms with Crippen LogP contribution in [0.1, 0.15) is 52.5 Å². The van der Waals surface area contributed by atoms with Crippen LogP contribution in [0.15, 0.2) is 71.7 Å². The van der Waals surface area contributed by atoms with Gasteiger partial charge in [0.15, 0.2) is 5.82 Å². The molecule has 5 rings (SSSR count). The minimum absolute atomic E-state index is 0.116. The Morgan fingerprint density at radius 2 is 1.60 bits per heavy atom. The van der Waals surface area contributed by atoms with Gasteiger partial charge in [0.1, 0.15) is 24.2 Å². The van der Waals surface area contributed by atoms with Gasteiger partial charge in [-0.25, -0.2) is 0 Å². The second-order valence-corrected chi connectivity index (χ2v) is 12.2. The highest BCUT2D eigenvalue weighted by molar-refractivity contribution is 6.58. The fraction of sp³-hybridized carbons (Fsp3) is 0.361. The van der Waals surface area contributed by atoms with Gasteiger partial charge in [-0.05, 0) is 61.8 Å². The summed E-state index contributed by atoms with van der Waals surface area (Å²) in [6.07, 6.45) is 0.116. The number of aryl methyl sites for hydroxylation is 1. The number of hydrogen-bond donors (Lipinski definition) is 4. The van der Waals surface area contributed by atoms with Gasteiger partial charge in [-0.2, -0.15) is 0 Å². The maximum Gasteiger partial charge on any atom is 0.488 e. The van der Waals surface area contributed by atoms with Gasteiger partial charge in [0, 0.05) is 34.8 Å². The lowest BCUT2D eigenvalue weighted by atomic mass is 9.79. The topological polar surface area (TPSA) is 179 Å². The number of rotatable bonds is 19. The highest BCUT2D eigenvalue weighted by Gasteiger charge is 2.30. The average Bonchev–Trinajstić information content (AvgIpc) is 3.46. The van der Waals surface area contributed by atoms with Crippen LogP contribution in [0.25, 0.3) is 5.69 Å². The maximum absolute atomic E-state index is 12.7. The van der Waals surface area contributed by atoms with Crippen molar-refractivity contribution < 1.29 is 38.6 Å². The summed E-state index contributed by atoms with van der Waals surface area (Å²) >= 11 is 6.21. The molecule has 0 saturated heterocycles. The normalized spacial score (nSPS) is 13.4. The van der Waals surface area contributed by atoms with E-state index >= 15 is 0 Å². The number of nitrogens with one attached hydrogen (secondary N) is 2. The molecule has 4 N–H and O–H groups in total. The Morgan fingerprint density at radius 3 is 2.31 bits per heavy atom. The average molecular weight is 733 g/mol. The highest BCUT2D eigenvalue weighted by atomic mass is 35.5. The molecule has 4 aromatic rings. The summed E-state index contributed by atoms with van der Waals surface area (Å²) in [5.74, 6) is 1.43. The Hall–Kier alpha value is -4.64. The van der Waals surface area contributed by atoms with E-state index in [0.29, 0.717) is 93.0 Å². The first-order chi connectivity index (χ1) is 25.2. The number of amides is 2. The fourth-order valence-electron chi connectivity index (χ4n) is 5.52. The van der Waals surface area contributed by atoms with Crippen molar-refractivity contribution >= 4 is 41.7 Å². The van der Waals surface area contributed by atoms with Gasteiger partial charge in [-0.1, -0.05) is 35.9 Å². The molecule has 0 saturated carbocycles. The van der Waals surface area contributed by atoms with E-state index in [4.69, 9.17) is 35.5 Å². The van der Waals surface area contributed by atoms with Crippen LogP contribution >= 0.6 is 11.6 Å². The van der Waals surface area contributed by atoms with E-state index in [0.717, 1.165) is 16.8 Å². The van der Waals surface area contributed by atoms with Crippen molar-refractivity contribution in [2.75, 3.05) is 59.3 Å². The first kappa shape index (κ1) is 38.6. The first-order valence-electron chi connectivity index (χ1n) is 17.0. The van der Waals surface area contributed by atoms with Gasteiger partial charge < -0.3 is 39.6 Å². The number of halogens is 1. The molecule has 0 spiro atoms. The Bertz CT molecular complexity index is 1840. The summed E-state index contributed by atoms with van der Waals surface area (Å²) in [4.78, 5) is 30.0. The third kappa shape index (κ3) is 10.5. The molecule has 16 heteroatoms. The molecular formula is C36H42BClN6O8. The van der Waals surface area contributed by atoms with Crippen LogP contribution in [0.4, 0.5) is 0 Å². The number of carbonyl (C=O) groups is 2. The number of fused-ring (bicyclic) bond motifs is 3. The third-order valence-corrected chi connectivity index (χ3v) is 8.24. The summed E-state index contributed by atoms with van der Waals surface area (Å²) < 4.78 is 24.7. The molecule has 1 aliphatic rings. The molecule has 0 fully saturated rings. The summed E-state index contributed by atoms with van der Waals surface area (Å²) in [7, 11) is -1.63. The Balaban J connectivity index is 1.07. The van der Waals surface area contributed by atoms with Crippen molar-refractivity contribution in [2.45, 2.75) is 26.3 Å². The lowest BCUT2D eigenvalue weighted by Crippen LogP contribution is -2.32. The van der Waals surface area contributed by atoms with Crippen LogP contribution in [-0.4, -0.2) is 109 Å². The Kier molecular flexibility index (Phi) is 14.3. The molecule has 0 unspecified atom stereocenters. The molecule has 52 heavy (non-hydrogen) atoms. The molecule has 1 atom stereocenters. The van der Waals surface area contributed by atoms with Crippen LogP contribution in [0.5, 0.6) is 5.75 Å². The number of ether oxygens (including phenoxy) is 4. The standard InChI is InChI=1S/C36H42BClN6O8/c1-3-39-33(45)23-31-35-43-42-24(2)44(35)32-12-11-29(22-30(32)34(41-31)25-7-9-28(38)10-8-25)52-20-19-51-18-17-50-16-15-49-14-13-40-36(46)26-5-4-6-27(21-26)37(47)48/h4-12,21-22,31,47-48H,3,13-20,23H2,1-2H3,(H,39,45)(H,40,46)/t31-/m0/s1. The predicted molar refractivity (Wildman–Crippen MR) is 196 cm³/mol. The second kappa shape index (κ2) is 19.3. The molecule has 274 valence electrons. The minimum atomic E-state index is -1.63. The van der Waals surface area contributed by atoms with E-state index in [2.05, 4.69) is 20.8 Å². The zero-order valence-electron chi connectivity index (χ0n) is 29.1. The molecule has 0 aliphatic carbocycles. The summed E-state index contributed by atoms with van der Waals surface area (Å²) in [6.45, 7) is 7.00. The van der Waals surface area contributed by atoms with Gasteiger partial charge in [-0.15, -0.1) is 10.2 Å². The van der Waals surface area contributed by atoms with Gasteiger partial charge >= 0.3 is 7.12 Å². The number of hydrogen-bond acceptors (Lipinski definition) is 11. The van der Waals surface area contributed by atoms with E-state index < -0.39 is 13.2 Å². The van der Waals surface area contributed by atoms with Gasteiger partial charge in [-0.3, -0.25) is 19.1 Å². The molecule has 14 nitrogen and oxygen atoms in total. The summed E-state index contributed by atoms with van der Waals surface area (Å²) in [5.41, 5.74) is 3.73. The number of benzene rings is 3. The highest BCUT2D eigenvalue weighted by Crippen LogP contribution is 2.34. The van der Waals surface area contributed by atoms with E-state index in [9.17, 15) is 19.6 Å². The summed E-state index contributed by atoms with van der Waals surface area (Å²) in [6, 6.07) is 18.7. The van der Waals surface area contributed by atoms with Crippen LogP contribution in [0, 0.1) is 6.92 Å². The minimum Gasteiger partial charge on any atom is -0.491 e. The van der Waals surface area contributed by atoms with Crippen LogP contribution < -0.4 is 20.8 Å². The van der Waals surface area contributed by atoms with Crippen molar-refractivity contribution in [2.24, 2.45) is 4.99 Å². The molecule has 2 heterocycles. The molecule has 1 aliphatic heterocycles. The van der Waals surface area contributed by atoms with Gasteiger partial charge in [0.25, 0.3) is 5.91 Å². The Morgan fingerprint density at radius 1 is 0.885 bits per heavy atom. The number of aromatic nitrogens is 3. The molecule has 2 amide bonds. The van der Waals surface area contributed by atoms with Gasteiger partial charge in [0.05, 0.1) is 57.5 Å². The third-order valence-electron chi connectivity index (χ3n) is 7.99.